The van der Waals surface area contributed by atoms with Crippen LogP contribution in [-0.4, -0.2) is 40.6 Å². The largest absolute Gasteiger partial charge is 0.475 e. The summed E-state index contributed by atoms with van der Waals surface area (Å²) in [6.07, 6.45) is 11.0. The van der Waals surface area contributed by atoms with Crippen LogP contribution in [0.1, 0.15) is 104 Å². The minimum Gasteiger partial charge on any atom is -0.393 e. The fraction of sp³-hybridized carbons (Fsp3) is 0.848. The summed E-state index contributed by atoms with van der Waals surface area (Å²) in [7, 11) is -3.79. The lowest BCUT2D eigenvalue weighted by Crippen LogP contribution is -2.62. The summed E-state index contributed by atoms with van der Waals surface area (Å²) in [5.41, 5.74) is 0.681. The molecule has 4 aliphatic carbocycles. The van der Waals surface area contributed by atoms with Crippen molar-refractivity contribution in [2.45, 2.75) is 110 Å². The summed E-state index contributed by atoms with van der Waals surface area (Å²) in [4.78, 5) is 3.79. The quantitative estimate of drug-likeness (QED) is 0.310. The molecule has 0 amide bonds. The predicted octanol–water partition coefficient (Wildman–Crippen LogP) is 7.48. The van der Waals surface area contributed by atoms with E-state index in [2.05, 4.69) is 32.7 Å². The normalized spacial score (nSPS) is 47.7. The van der Waals surface area contributed by atoms with Crippen LogP contribution in [0.15, 0.2) is 18.5 Å². The molecule has 42 heavy (non-hydrogen) atoms. The molecule has 7 nitrogen and oxygen atoms in total. The van der Waals surface area contributed by atoms with E-state index in [-0.39, 0.29) is 42.2 Å². The molecular formula is C33H51FNO6P. The molecule has 0 aromatic carbocycles. The zero-order valence-corrected chi connectivity index (χ0v) is 26.7. The Morgan fingerprint density at radius 1 is 1.12 bits per heavy atom. The number of aliphatic hydroxyl groups is 2. The van der Waals surface area contributed by atoms with E-state index >= 15 is 0 Å². The topological polar surface area (TPSA) is 98.1 Å². The molecule has 236 valence electrons. The number of hydrogen-bond donors (Lipinski definition) is 2. The summed E-state index contributed by atoms with van der Waals surface area (Å²) >= 11 is 0. The number of aromatic nitrogens is 1. The summed E-state index contributed by atoms with van der Waals surface area (Å²) in [5.74, 6) is 2.39. The average Bonchev–Trinajstić information content (AvgIpc) is 3.31. The maximum absolute atomic E-state index is 14.3. The van der Waals surface area contributed by atoms with Gasteiger partial charge in [-0.15, -0.1) is 0 Å². The van der Waals surface area contributed by atoms with Crippen molar-refractivity contribution in [1.29, 1.82) is 0 Å². The van der Waals surface area contributed by atoms with Gasteiger partial charge in [0.2, 0.25) is 0 Å². The third-order valence-corrected chi connectivity index (χ3v) is 14.5. The molecule has 1 aromatic heterocycles. The second kappa shape index (κ2) is 11.8. The van der Waals surface area contributed by atoms with Crippen LogP contribution >= 0.6 is 7.82 Å². The second-order valence-corrected chi connectivity index (χ2v) is 16.4. The minimum atomic E-state index is -3.79. The maximum atomic E-state index is 14.3. The van der Waals surface area contributed by atoms with Crippen LogP contribution in [-0.2, 0) is 18.1 Å². The Bertz CT molecular complexity index is 1170. The molecule has 1 aliphatic heterocycles. The van der Waals surface area contributed by atoms with Gasteiger partial charge in [-0.05, 0) is 110 Å². The van der Waals surface area contributed by atoms with E-state index in [1.807, 2.05) is 0 Å². The molecule has 1 saturated heterocycles. The SMILES string of the molecule is CC[C@@H]1C2C[C@H](O)CC[C@]2(C)C2CC[C@@]3(C)C(CC[C@@H]3[C@H](C)CCO[P@]3(=O)OCC[C@@H](c4ccncc4F)O3)C2[C@@H]1O. The van der Waals surface area contributed by atoms with E-state index in [9.17, 15) is 19.2 Å². The van der Waals surface area contributed by atoms with E-state index in [4.69, 9.17) is 13.6 Å². The predicted molar refractivity (Wildman–Crippen MR) is 158 cm³/mol. The summed E-state index contributed by atoms with van der Waals surface area (Å²) in [6, 6.07) is 1.55. The van der Waals surface area contributed by atoms with Crippen molar-refractivity contribution < 1.29 is 32.7 Å². The van der Waals surface area contributed by atoms with Gasteiger partial charge in [0.15, 0.2) is 0 Å². The van der Waals surface area contributed by atoms with Gasteiger partial charge in [-0.25, -0.2) is 8.96 Å². The highest BCUT2D eigenvalue weighted by molar-refractivity contribution is 7.48. The molecule has 5 aliphatic rings. The molecule has 2 heterocycles. The van der Waals surface area contributed by atoms with E-state index in [1.165, 1.54) is 12.6 Å². The van der Waals surface area contributed by atoms with Gasteiger partial charge in [0, 0.05) is 18.2 Å². The molecular weight excluding hydrogens is 556 g/mol. The lowest BCUT2D eigenvalue weighted by atomic mass is 9.41. The van der Waals surface area contributed by atoms with Crippen molar-refractivity contribution in [2.75, 3.05) is 13.2 Å². The molecule has 4 saturated carbocycles. The smallest absolute Gasteiger partial charge is 0.393 e. The number of nitrogens with zero attached hydrogens (tertiary/aromatic N) is 1. The number of halogens is 1. The van der Waals surface area contributed by atoms with Crippen LogP contribution in [0.3, 0.4) is 0 Å². The third-order valence-electron chi connectivity index (χ3n) is 13.0. The molecule has 6 rings (SSSR count). The lowest BCUT2D eigenvalue weighted by molar-refractivity contribution is -0.203. The highest BCUT2D eigenvalue weighted by atomic mass is 31.2. The average molecular weight is 608 g/mol. The van der Waals surface area contributed by atoms with Gasteiger partial charge in [-0.1, -0.05) is 34.1 Å². The van der Waals surface area contributed by atoms with E-state index in [1.54, 1.807) is 6.07 Å². The van der Waals surface area contributed by atoms with Crippen LogP contribution in [0, 0.1) is 58.1 Å². The standard InChI is InChI=1S/C33H51FNO6P/c1-5-22-27-18-21(36)8-13-33(27,4)26-9-14-32(3)24(6-7-25(32)30(26)31(22)37)20(2)11-16-39-42(38)40-17-12-29(41-42)23-10-15-35-19-28(23)34/h10,15,19-22,24-27,29-31,36-37H,5-9,11-14,16-18H2,1-4H3/t20-,21-,22-,24-,25?,26?,27?,29+,30?,31-,32-,33-,42-/m1/s1. The van der Waals surface area contributed by atoms with Gasteiger partial charge < -0.3 is 10.2 Å². The van der Waals surface area contributed by atoms with Crippen LogP contribution in [0.4, 0.5) is 4.39 Å². The summed E-state index contributed by atoms with van der Waals surface area (Å²) < 4.78 is 44.5. The second-order valence-electron chi connectivity index (χ2n) is 14.8. The molecule has 0 bridgehead atoms. The van der Waals surface area contributed by atoms with Crippen LogP contribution in [0.25, 0.3) is 0 Å². The first-order valence-electron chi connectivity index (χ1n) is 16.5. The van der Waals surface area contributed by atoms with Gasteiger partial charge in [0.25, 0.3) is 0 Å². The highest BCUT2D eigenvalue weighted by Gasteiger charge is 2.64. The Morgan fingerprint density at radius 2 is 1.88 bits per heavy atom. The molecule has 0 radical (unpaired) electrons. The first kappa shape index (κ1) is 31.1. The Morgan fingerprint density at radius 3 is 2.64 bits per heavy atom. The number of phosphoric ester groups is 1. The van der Waals surface area contributed by atoms with Crippen LogP contribution in [0.2, 0.25) is 0 Å². The number of pyridine rings is 1. The maximum Gasteiger partial charge on any atom is 0.475 e. The molecule has 2 N–H and O–H groups in total. The zero-order valence-electron chi connectivity index (χ0n) is 25.8. The Labute approximate surface area is 250 Å². The minimum absolute atomic E-state index is 0.156. The van der Waals surface area contributed by atoms with Crippen LogP contribution < -0.4 is 0 Å². The molecule has 0 spiro atoms. The van der Waals surface area contributed by atoms with Crippen molar-refractivity contribution in [2.24, 2.45) is 52.3 Å². The van der Waals surface area contributed by atoms with Gasteiger partial charge in [0.05, 0.1) is 37.7 Å². The van der Waals surface area contributed by atoms with Crippen molar-refractivity contribution >= 4 is 7.82 Å². The Kier molecular flexibility index (Phi) is 8.74. The van der Waals surface area contributed by atoms with Gasteiger partial charge in [-0.3, -0.25) is 18.6 Å². The number of fused-ring (bicyclic) bond motifs is 5. The first-order chi connectivity index (χ1) is 20.0. The van der Waals surface area contributed by atoms with Crippen molar-refractivity contribution in [1.82, 2.24) is 4.98 Å². The fourth-order valence-corrected chi connectivity index (χ4v) is 12.3. The Balaban J connectivity index is 1.11. The summed E-state index contributed by atoms with van der Waals surface area (Å²) in [5, 5.41) is 22.5. The van der Waals surface area contributed by atoms with Crippen molar-refractivity contribution in [3.8, 4) is 0 Å². The molecule has 13 atom stereocenters. The molecule has 5 fully saturated rings. The van der Waals surface area contributed by atoms with Gasteiger partial charge in [0.1, 0.15) is 5.82 Å². The molecule has 4 unspecified atom stereocenters. The number of phosphoric acid groups is 1. The number of hydrogen-bond acceptors (Lipinski definition) is 7. The Hall–Kier alpha value is -0.890. The van der Waals surface area contributed by atoms with Crippen molar-refractivity contribution in [3.63, 3.8) is 0 Å². The molecule has 1 aromatic rings. The van der Waals surface area contributed by atoms with Crippen LogP contribution in [0.5, 0.6) is 0 Å². The molecule has 9 heteroatoms. The fourth-order valence-electron chi connectivity index (χ4n) is 10.9. The third kappa shape index (κ3) is 5.24. The number of rotatable bonds is 7. The van der Waals surface area contributed by atoms with E-state index in [0.717, 1.165) is 57.6 Å². The van der Waals surface area contributed by atoms with Gasteiger partial charge >= 0.3 is 7.82 Å². The zero-order chi connectivity index (χ0) is 29.9. The van der Waals surface area contributed by atoms with Gasteiger partial charge in [-0.2, -0.15) is 0 Å². The number of aliphatic hydroxyl groups excluding tert-OH is 2. The van der Waals surface area contributed by atoms with Crippen molar-refractivity contribution in [3.05, 3.63) is 29.8 Å². The first-order valence-corrected chi connectivity index (χ1v) is 18.0. The monoisotopic (exact) mass is 607 g/mol. The highest BCUT2D eigenvalue weighted by Crippen LogP contribution is 2.69. The van der Waals surface area contributed by atoms with E-state index < -0.39 is 19.7 Å². The lowest BCUT2D eigenvalue weighted by Gasteiger charge is -2.64. The summed E-state index contributed by atoms with van der Waals surface area (Å²) in [6.45, 7) is 9.90. The van der Waals surface area contributed by atoms with E-state index in [0.29, 0.717) is 47.5 Å².